The topological polar surface area (TPSA) is 73.8 Å². The molecule has 0 saturated heterocycles. The van der Waals surface area contributed by atoms with Crippen LogP contribution in [0.2, 0.25) is 0 Å². The molecule has 0 aliphatic heterocycles. The van der Waals surface area contributed by atoms with Crippen molar-refractivity contribution in [2.75, 3.05) is 0 Å². The molecule has 6 heterocycles. The Morgan fingerprint density at radius 3 is 1.57 bits per heavy atom. The number of hydrogen-bond donors (Lipinski definition) is 0. The molecule has 0 fully saturated rings. The second kappa shape index (κ2) is 12.8. The van der Waals surface area contributed by atoms with Gasteiger partial charge in [0.1, 0.15) is 0 Å². The highest BCUT2D eigenvalue weighted by Gasteiger charge is 2.22. The van der Waals surface area contributed by atoms with Crippen molar-refractivity contribution in [1.29, 1.82) is 0 Å². The van der Waals surface area contributed by atoms with Gasteiger partial charge in [-0.15, -0.1) is 0 Å². The summed E-state index contributed by atoms with van der Waals surface area (Å²) in [5.74, 6) is 1.67. The van der Waals surface area contributed by atoms with Crippen molar-refractivity contribution in [3.05, 3.63) is 188 Å². The summed E-state index contributed by atoms with van der Waals surface area (Å²) in [6, 6.07) is 61.2. The Hall–Kier alpha value is -8.03. The minimum Gasteiger partial charge on any atom is -0.309 e. The van der Waals surface area contributed by atoms with Crippen molar-refractivity contribution in [1.82, 2.24) is 33.9 Å². The molecule has 0 amide bonds. The van der Waals surface area contributed by atoms with Crippen LogP contribution in [0.5, 0.6) is 0 Å². The predicted octanol–water partition coefficient (Wildman–Crippen LogP) is 12.1. The second-order valence-electron chi connectivity index (χ2n) is 14.5. The van der Waals surface area contributed by atoms with Gasteiger partial charge in [-0.3, -0.25) is 14.5 Å². The fraction of sp³-hybridized carbons (Fsp3) is 0. The number of aromatic nitrogens is 7. The van der Waals surface area contributed by atoms with Crippen LogP contribution < -0.4 is 0 Å². The number of benzene rings is 6. The Balaban J connectivity index is 1.17. The fourth-order valence-electron chi connectivity index (χ4n) is 8.69. The third-order valence-corrected chi connectivity index (χ3v) is 11.2. The molecule has 0 saturated carbocycles. The Morgan fingerprint density at radius 1 is 0.345 bits per heavy atom. The van der Waals surface area contributed by atoms with E-state index in [2.05, 4.69) is 146 Å². The molecule has 7 nitrogen and oxygen atoms in total. The van der Waals surface area contributed by atoms with Crippen LogP contribution in [0.25, 0.3) is 111 Å². The van der Waals surface area contributed by atoms with Gasteiger partial charge >= 0.3 is 0 Å². The Bertz CT molecular complexity index is 3470. The molecule has 0 bridgehead atoms. The van der Waals surface area contributed by atoms with Crippen LogP contribution in [-0.2, 0) is 0 Å². The molecular weight excluding hydrogens is 711 g/mol. The van der Waals surface area contributed by atoms with Crippen molar-refractivity contribution in [3.8, 4) is 51.2 Å². The lowest BCUT2D eigenvalue weighted by Gasteiger charge is -2.13. The lowest BCUT2D eigenvalue weighted by Crippen LogP contribution is -2.06. The van der Waals surface area contributed by atoms with Gasteiger partial charge in [-0.25, -0.2) is 4.98 Å². The van der Waals surface area contributed by atoms with E-state index in [1.807, 2.05) is 60.9 Å². The number of fused-ring (bicyclic) bond motifs is 12. The van der Waals surface area contributed by atoms with Crippen molar-refractivity contribution in [2.45, 2.75) is 0 Å². The van der Waals surface area contributed by atoms with E-state index in [1.54, 1.807) is 0 Å². The maximum Gasteiger partial charge on any atom is 0.238 e. The summed E-state index contributed by atoms with van der Waals surface area (Å²) in [4.78, 5) is 25.1. The molecule has 6 aromatic heterocycles. The third-order valence-electron chi connectivity index (χ3n) is 11.2. The van der Waals surface area contributed by atoms with Crippen LogP contribution in [0.1, 0.15) is 0 Å². The number of para-hydroxylation sites is 2. The third kappa shape index (κ3) is 4.97. The van der Waals surface area contributed by atoms with Crippen LogP contribution in [0.15, 0.2) is 188 Å². The van der Waals surface area contributed by atoms with Gasteiger partial charge in [0, 0.05) is 61.6 Å². The zero-order valence-corrected chi connectivity index (χ0v) is 31.0. The van der Waals surface area contributed by atoms with Crippen molar-refractivity contribution in [2.24, 2.45) is 0 Å². The molecule has 0 aliphatic carbocycles. The van der Waals surface area contributed by atoms with Gasteiger partial charge in [-0.05, 0) is 72.1 Å². The standard InChI is InChI=1S/C51H31N7/c1-5-23-42-34(13-1)31-46-37-18-2-3-19-38(37)47-44(57(42)46)25-26-45-48(47)39-20-4-6-24-43(39)58(45)51-55-49(35-16-11-14-32(29-35)40-21-7-9-27-52-40)54-50(56-51)36-17-12-15-33(30-36)41-22-8-10-28-53-41/h1-31H. The maximum absolute atomic E-state index is 5.32. The first-order valence-corrected chi connectivity index (χ1v) is 19.3. The van der Waals surface area contributed by atoms with Crippen LogP contribution in [-0.4, -0.2) is 33.9 Å². The number of pyridine rings is 3. The van der Waals surface area contributed by atoms with E-state index >= 15 is 0 Å². The molecule has 58 heavy (non-hydrogen) atoms. The van der Waals surface area contributed by atoms with E-state index in [1.165, 1.54) is 32.6 Å². The monoisotopic (exact) mass is 741 g/mol. The summed E-state index contributed by atoms with van der Waals surface area (Å²) in [6.45, 7) is 0. The number of hydrogen-bond acceptors (Lipinski definition) is 5. The molecule has 0 spiro atoms. The minimum atomic E-state index is 0.536. The number of nitrogens with zero attached hydrogens (tertiary/aromatic N) is 7. The van der Waals surface area contributed by atoms with Crippen molar-refractivity contribution < 1.29 is 0 Å². The first kappa shape index (κ1) is 32.2. The highest BCUT2D eigenvalue weighted by molar-refractivity contribution is 6.30. The van der Waals surface area contributed by atoms with E-state index in [0.29, 0.717) is 17.6 Å². The van der Waals surface area contributed by atoms with Gasteiger partial charge in [0.2, 0.25) is 5.95 Å². The smallest absolute Gasteiger partial charge is 0.238 e. The van der Waals surface area contributed by atoms with Crippen LogP contribution in [0.4, 0.5) is 0 Å². The summed E-state index contributed by atoms with van der Waals surface area (Å²) in [5.41, 5.74) is 11.0. The van der Waals surface area contributed by atoms with E-state index in [4.69, 9.17) is 15.0 Å². The summed E-state index contributed by atoms with van der Waals surface area (Å²) in [5, 5.41) is 7.10. The number of rotatable bonds is 5. The molecule has 0 aliphatic rings. The summed E-state index contributed by atoms with van der Waals surface area (Å²) in [7, 11) is 0. The zero-order chi connectivity index (χ0) is 38.2. The van der Waals surface area contributed by atoms with Gasteiger partial charge < -0.3 is 4.40 Å². The van der Waals surface area contributed by atoms with Crippen molar-refractivity contribution in [3.63, 3.8) is 0 Å². The molecule has 12 aromatic rings. The van der Waals surface area contributed by atoms with Gasteiger partial charge in [-0.1, -0.05) is 109 Å². The normalized spacial score (nSPS) is 11.8. The average molecular weight is 742 g/mol. The first-order chi connectivity index (χ1) is 28.8. The first-order valence-electron chi connectivity index (χ1n) is 19.3. The molecule has 12 rings (SSSR count). The summed E-state index contributed by atoms with van der Waals surface area (Å²) in [6.07, 6.45) is 3.63. The quantitative estimate of drug-likeness (QED) is 0.164. The minimum absolute atomic E-state index is 0.536. The van der Waals surface area contributed by atoms with Crippen LogP contribution in [0.3, 0.4) is 0 Å². The average Bonchev–Trinajstić information content (AvgIpc) is 3.86. The lowest BCUT2D eigenvalue weighted by atomic mass is 10.00. The van der Waals surface area contributed by atoms with Gasteiger partial charge in [0.25, 0.3) is 0 Å². The molecule has 0 unspecified atom stereocenters. The molecule has 7 heteroatoms. The molecule has 6 aromatic carbocycles. The highest BCUT2D eigenvalue weighted by Crippen LogP contribution is 2.42. The molecule has 0 radical (unpaired) electrons. The van der Waals surface area contributed by atoms with Gasteiger partial charge in [0.05, 0.1) is 39.0 Å². The SMILES string of the molecule is c1ccc(-c2cccc(-c3nc(-c4cccc(-c5ccccn5)c4)nc(-n4c5ccccc5c5c6c7ccccc7c7cc8ccccc8n7c6ccc54)n3)c2)nc1. The molecule has 0 N–H and O–H groups in total. The maximum atomic E-state index is 5.32. The second-order valence-corrected chi connectivity index (χ2v) is 14.5. The van der Waals surface area contributed by atoms with Crippen LogP contribution in [0, 0.1) is 0 Å². The fourth-order valence-corrected chi connectivity index (χ4v) is 8.69. The molecule has 0 atom stereocenters. The summed E-state index contributed by atoms with van der Waals surface area (Å²) < 4.78 is 4.62. The summed E-state index contributed by atoms with van der Waals surface area (Å²) >= 11 is 0. The van der Waals surface area contributed by atoms with Gasteiger partial charge in [-0.2, -0.15) is 9.97 Å². The van der Waals surface area contributed by atoms with E-state index in [9.17, 15) is 0 Å². The van der Waals surface area contributed by atoms with E-state index in [-0.39, 0.29) is 0 Å². The van der Waals surface area contributed by atoms with Gasteiger partial charge in [0.15, 0.2) is 11.6 Å². The lowest BCUT2D eigenvalue weighted by molar-refractivity contribution is 0.953. The Kier molecular flexibility index (Phi) is 7.09. The van der Waals surface area contributed by atoms with Crippen molar-refractivity contribution >= 4 is 59.9 Å². The Labute approximate surface area is 332 Å². The van der Waals surface area contributed by atoms with Crippen LogP contribution >= 0.6 is 0 Å². The Morgan fingerprint density at radius 2 is 0.897 bits per heavy atom. The highest BCUT2D eigenvalue weighted by atomic mass is 15.2. The molecular formula is C51H31N7. The molecule has 270 valence electrons. The van der Waals surface area contributed by atoms with E-state index < -0.39 is 0 Å². The zero-order valence-electron chi connectivity index (χ0n) is 31.0. The predicted molar refractivity (Wildman–Crippen MR) is 235 cm³/mol. The largest absolute Gasteiger partial charge is 0.309 e. The van der Waals surface area contributed by atoms with E-state index in [0.717, 1.165) is 61.0 Å².